The Morgan fingerprint density at radius 1 is 1.10 bits per heavy atom. The van der Waals surface area contributed by atoms with Crippen LogP contribution in [0, 0.1) is 11.6 Å². The molecule has 29 heavy (non-hydrogen) atoms. The maximum atomic E-state index is 13.8. The summed E-state index contributed by atoms with van der Waals surface area (Å²) in [5.74, 6) is -0.279. The molecule has 146 valence electrons. The number of carbonyl (C=O) groups is 1. The molecule has 0 spiro atoms. The summed E-state index contributed by atoms with van der Waals surface area (Å²) < 4.78 is 32.4. The summed E-state index contributed by atoms with van der Waals surface area (Å²) in [5.41, 5.74) is 1.75. The standard InChI is InChI=1S/C21H15F2N3O2S/c22-14-7-5-13(6-8-14)17-12-29-21(25-17)26-19(27)9-10-20-24-11-18(28-20)15-3-1-2-4-16(15)23/h1-8,11-12H,9-10H2,(H,25,26,27). The normalized spacial score (nSPS) is 10.8. The van der Waals surface area contributed by atoms with E-state index in [-0.39, 0.29) is 24.6 Å². The SMILES string of the molecule is O=C(CCc1ncc(-c2ccccc2F)o1)Nc1nc(-c2ccc(F)cc2)cs1. The number of nitrogens with zero attached hydrogens (tertiary/aromatic N) is 2. The number of rotatable bonds is 6. The van der Waals surface area contributed by atoms with Crippen molar-refractivity contribution in [2.75, 3.05) is 5.32 Å². The van der Waals surface area contributed by atoms with Crippen LogP contribution in [0.5, 0.6) is 0 Å². The van der Waals surface area contributed by atoms with Gasteiger partial charge in [0.05, 0.1) is 17.5 Å². The quantitative estimate of drug-likeness (QED) is 0.467. The third-order valence-corrected chi connectivity index (χ3v) is 4.91. The molecule has 1 N–H and O–H groups in total. The highest BCUT2D eigenvalue weighted by Crippen LogP contribution is 2.26. The second-order valence-electron chi connectivity index (χ2n) is 6.19. The van der Waals surface area contributed by atoms with Crippen LogP contribution in [0.25, 0.3) is 22.6 Å². The van der Waals surface area contributed by atoms with E-state index in [1.807, 2.05) is 0 Å². The number of thiazole rings is 1. The second-order valence-corrected chi connectivity index (χ2v) is 7.05. The van der Waals surface area contributed by atoms with Crippen molar-refractivity contribution in [3.8, 4) is 22.6 Å². The zero-order valence-electron chi connectivity index (χ0n) is 15.1. The Bertz CT molecular complexity index is 1140. The number of amides is 1. The van der Waals surface area contributed by atoms with Gasteiger partial charge in [0, 0.05) is 23.8 Å². The maximum Gasteiger partial charge on any atom is 0.226 e. The van der Waals surface area contributed by atoms with Crippen LogP contribution in [0.15, 0.2) is 64.5 Å². The Kier molecular flexibility index (Phi) is 5.44. The van der Waals surface area contributed by atoms with Gasteiger partial charge in [-0.1, -0.05) is 12.1 Å². The summed E-state index contributed by atoms with van der Waals surface area (Å²) in [6.07, 6.45) is 1.86. The van der Waals surface area contributed by atoms with Gasteiger partial charge in [-0.05, 0) is 36.4 Å². The van der Waals surface area contributed by atoms with Crippen molar-refractivity contribution >= 4 is 22.4 Å². The zero-order valence-corrected chi connectivity index (χ0v) is 15.9. The van der Waals surface area contributed by atoms with Gasteiger partial charge in [0.2, 0.25) is 5.91 Å². The van der Waals surface area contributed by atoms with Crippen molar-refractivity contribution in [2.24, 2.45) is 0 Å². The average Bonchev–Trinajstić information content (AvgIpc) is 3.37. The molecule has 0 aliphatic carbocycles. The molecule has 0 aliphatic rings. The van der Waals surface area contributed by atoms with Crippen molar-refractivity contribution in [1.29, 1.82) is 0 Å². The smallest absolute Gasteiger partial charge is 0.226 e. The molecule has 0 fully saturated rings. The summed E-state index contributed by atoms with van der Waals surface area (Å²) in [6.45, 7) is 0. The van der Waals surface area contributed by atoms with Gasteiger partial charge in [0.1, 0.15) is 11.6 Å². The molecule has 4 aromatic rings. The van der Waals surface area contributed by atoms with Gasteiger partial charge < -0.3 is 9.73 Å². The summed E-state index contributed by atoms with van der Waals surface area (Å²) in [4.78, 5) is 20.6. The first-order valence-corrected chi connectivity index (χ1v) is 9.67. The lowest BCUT2D eigenvalue weighted by Crippen LogP contribution is -2.12. The lowest BCUT2D eigenvalue weighted by molar-refractivity contribution is -0.116. The van der Waals surface area contributed by atoms with E-state index in [4.69, 9.17) is 4.42 Å². The first kappa shape index (κ1) is 18.9. The molecule has 0 aliphatic heterocycles. The predicted octanol–water partition coefficient (Wildman–Crippen LogP) is 5.31. The zero-order chi connectivity index (χ0) is 20.2. The Hall–Kier alpha value is -3.39. The van der Waals surface area contributed by atoms with Crippen LogP contribution in [-0.2, 0) is 11.2 Å². The van der Waals surface area contributed by atoms with Crippen LogP contribution in [0.3, 0.4) is 0 Å². The number of halogens is 2. The lowest BCUT2D eigenvalue weighted by atomic mass is 10.2. The number of oxazole rings is 1. The van der Waals surface area contributed by atoms with Gasteiger partial charge in [-0.2, -0.15) is 0 Å². The van der Waals surface area contributed by atoms with Crippen molar-refractivity contribution in [3.05, 3.63) is 77.6 Å². The number of carbonyl (C=O) groups excluding carboxylic acids is 1. The Morgan fingerprint density at radius 2 is 1.90 bits per heavy atom. The molecular formula is C21H15F2N3O2S. The molecule has 0 unspecified atom stereocenters. The molecule has 4 rings (SSSR count). The van der Waals surface area contributed by atoms with Crippen molar-refractivity contribution in [3.63, 3.8) is 0 Å². The largest absolute Gasteiger partial charge is 0.441 e. The van der Waals surface area contributed by atoms with E-state index < -0.39 is 5.82 Å². The minimum absolute atomic E-state index is 0.142. The minimum atomic E-state index is -0.395. The summed E-state index contributed by atoms with van der Waals surface area (Å²) >= 11 is 1.28. The van der Waals surface area contributed by atoms with E-state index in [0.717, 1.165) is 5.56 Å². The van der Waals surface area contributed by atoms with E-state index in [9.17, 15) is 13.6 Å². The highest BCUT2D eigenvalue weighted by atomic mass is 32.1. The average molecular weight is 411 g/mol. The molecule has 0 radical (unpaired) electrons. The molecule has 0 bridgehead atoms. The number of benzene rings is 2. The van der Waals surface area contributed by atoms with Crippen LogP contribution < -0.4 is 5.32 Å². The number of anilines is 1. The van der Waals surface area contributed by atoms with Gasteiger partial charge in [0.25, 0.3) is 0 Å². The van der Waals surface area contributed by atoms with E-state index in [0.29, 0.717) is 28.0 Å². The van der Waals surface area contributed by atoms with Gasteiger partial charge in [0.15, 0.2) is 16.8 Å². The van der Waals surface area contributed by atoms with E-state index in [2.05, 4.69) is 15.3 Å². The number of hydrogen-bond acceptors (Lipinski definition) is 5. The predicted molar refractivity (Wildman–Crippen MR) is 106 cm³/mol. The molecule has 0 atom stereocenters. The van der Waals surface area contributed by atoms with Crippen molar-refractivity contribution in [1.82, 2.24) is 9.97 Å². The monoisotopic (exact) mass is 411 g/mol. The molecule has 2 aromatic heterocycles. The second kappa shape index (κ2) is 8.32. The van der Waals surface area contributed by atoms with Crippen molar-refractivity contribution < 1.29 is 18.0 Å². The van der Waals surface area contributed by atoms with Gasteiger partial charge in [-0.25, -0.2) is 18.7 Å². The topological polar surface area (TPSA) is 68.0 Å². The summed E-state index contributed by atoms with van der Waals surface area (Å²) in [5, 5.41) is 4.97. The fourth-order valence-electron chi connectivity index (χ4n) is 2.70. The van der Waals surface area contributed by atoms with E-state index >= 15 is 0 Å². The number of hydrogen-bond donors (Lipinski definition) is 1. The first-order chi connectivity index (χ1) is 14.1. The molecular weight excluding hydrogens is 396 g/mol. The third-order valence-electron chi connectivity index (χ3n) is 4.15. The Morgan fingerprint density at radius 3 is 2.69 bits per heavy atom. The Labute approximate surface area is 169 Å². The highest BCUT2D eigenvalue weighted by Gasteiger charge is 2.13. The van der Waals surface area contributed by atoms with Crippen LogP contribution in [-0.4, -0.2) is 15.9 Å². The fourth-order valence-corrected chi connectivity index (χ4v) is 3.43. The maximum absolute atomic E-state index is 13.8. The molecule has 8 heteroatoms. The highest BCUT2D eigenvalue weighted by molar-refractivity contribution is 7.14. The number of nitrogens with one attached hydrogen (secondary N) is 1. The van der Waals surface area contributed by atoms with Crippen LogP contribution >= 0.6 is 11.3 Å². The number of aromatic nitrogens is 2. The molecule has 0 saturated heterocycles. The van der Waals surface area contributed by atoms with E-state index in [1.54, 1.807) is 35.7 Å². The Balaban J connectivity index is 1.34. The first-order valence-electron chi connectivity index (χ1n) is 8.79. The summed E-state index contributed by atoms with van der Waals surface area (Å²) in [6, 6.07) is 12.2. The van der Waals surface area contributed by atoms with Gasteiger partial charge >= 0.3 is 0 Å². The van der Waals surface area contributed by atoms with Crippen LogP contribution in [0.4, 0.5) is 13.9 Å². The molecule has 2 heterocycles. The van der Waals surface area contributed by atoms with Crippen molar-refractivity contribution in [2.45, 2.75) is 12.8 Å². The van der Waals surface area contributed by atoms with Crippen LogP contribution in [0.2, 0.25) is 0 Å². The minimum Gasteiger partial charge on any atom is -0.441 e. The van der Waals surface area contributed by atoms with Crippen LogP contribution in [0.1, 0.15) is 12.3 Å². The van der Waals surface area contributed by atoms with Gasteiger partial charge in [-0.15, -0.1) is 11.3 Å². The third kappa shape index (κ3) is 4.55. The molecule has 2 aromatic carbocycles. The van der Waals surface area contributed by atoms with Gasteiger partial charge in [-0.3, -0.25) is 4.79 Å². The number of aryl methyl sites for hydroxylation is 1. The lowest BCUT2D eigenvalue weighted by Gasteiger charge is -2.00. The van der Waals surface area contributed by atoms with E-state index in [1.165, 1.54) is 35.7 Å². The molecule has 0 saturated carbocycles. The fraction of sp³-hybridized carbons (Fsp3) is 0.0952. The molecule has 1 amide bonds. The summed E-state index contributed by atoms with van der Waals surface area (Å²) in [7, 11) is 0. The molecule has 5 nitrogen and oxygen atoms in total.